The Kier molecular flexibility index (Phi) is 6.03. The molecule has 1 fully saturated rings. The average Bonchev–Trinajstić information content (AvgIpc) is 2.88. The Balaban J connectivity index is 1.34. The van der Waals surface area contributed by atoms with Gasteiger partial charge >= 0.3 is 0 Å². The molecule has 0 radical (unpaired) electrons. The van der Waals surface area contributed by atoms with Gasteiger partial charge in [0.15, 0.2) is 0 Å². The van der Waals surface area contributed by atoms with Crippen LogP contribution in [-0.4, -0.2) is 51.8 Å². The van der Waals surface area contributed by atoms with Gasteiger partial charge in [-0.3, -0.25) is 14.6 Å². The standard InChI is InChI=1S/C26H24FN5O2/c27-20-5-7-21(8-6-20)30-13-15-31(16-14-30)25(33)18-32-26(34)23-4-2-1-3-22(23)24(29-32)17-19-9-11-28-12-10-19/h1-12H,13-18H2. The molecule has 0 spiro atoms. The zero-order valence-electron chi connectivity index (χ0n) is 18.6. The van der Waals surface area contributed by atoms with Crippen LogP contribution in [0.2, 0.25) is 0 Å². The van der Waals surface area contributed by atoms with Gasteiger partial charge in [-0.15, -0.1) is 0 Å². The number of halogens is 1. The lowest BCUT2D eigenvalue weighted by Gasteiger charge is -2.36. The summed E-state index contributed by atoms with van der Waals surface area (Å²) in [6, 6.07) is 17.6. The van der Waals surface area contributed by atoms with Crippen molar-refractivity contribution in [2.45, 2.75) is 13.0 Å². The minimum atomic E-state index is -0.271. The van der Waals surface area contributed by atoms with E-state index in [-0.39, 0.29) is 23.8 Å². The van der Waals surface area contributed by atoms with Crippen LogP contribution < -0.4 is 10.5 Å². The summed E-state index contributed by atoms with van der Waals surface area (Å²) in [4.78, 5) is 34.1. The van der Waals surface area contributed by atoms with E-state index in [1.807, 2.05) is 30.3 Å². The van der Waals surface area contributed by atoms with E-state index in [0.29, 0.717) is 38.0 Å². The molecule has 0 aliphatic carbocycles. The van der Waals surface area contributed by atoms with Crippen LogP contribution in [0.25, 0.3) is 10.8 Å². The second-order valence-electron chi connectivity index (χ2n) is 8.33. The highest BCUT2D eigenvalue weighted by molar-refractivity contribution is 5.84. The minimum absolute atomic E-state index is 0.108. The number of aromatic nitrogens is 3. The molecule has 34 heavy (non-hydrogen) atoms. The van der Waals surface area contributed by atoms with Crippen molar-refractivity contribution in [2.24, 2.45) is 0 Å². The molecular weight excluding hydrogens is 433 g/mol. The normalized spacial score (nSPS) is 13.9. The van der Waals surface area contributed by atoms with E-state index in [2.05, 4.69) is 15.0 Å². The molecule has 0 atom stereocenters. The predicted octanol–water partition coefficient (Wildman–Crippen LogP) is 2.87. The van der Waals surface area contributed by atoms with E-state index >= 15 is 0 Å². The average molecular weight is 458 g/mol. The third kappa shape index (κ3) is 4.52. The zero-order chi connectivity index (χ0) is 23.5. The van der Waals surface area contributed by atoms with Crippen molar-refractivity contribution >= 4 is 22.4 Å². The van der Waals surface area contributed by atoms with Gasteiger partial charge in [0.25, 0.3) is 5.56 Å². The van der Waals surface area contributed by atoms with Gasteiger partial charge in [0.2, 0.25) is 5.91 Å². The quantitative estimate of drug-likeness (QED) is 0.461. The van der Waals surface area contributed by atoms with Crippen molar-refractivity contribution in [1.29, 1.82) is 0 Å². The van der Waals surface area contributed by atoms with E-state index in [0.717, 1.165) is 22.3 Å². The molecule has 2 aromatic carbocycles. The molecule has 7 nitrogen and oxygen atoms in total. The summed E-state index contributed by atoms with van der Waals surface area (Å²) in [5, 5.41) is 5.94. The first kappa shape index (κ1) is 21.8. The fourth-order valence-corrected chi connectivity index (χ4v) is 4.33. The Bertz CT molecular complexity index is 1360. The zero-order valence-corrected chi connectivity index (χ0v) is 18.6. The molecule has 3 heterocycles. The number of amides is 1. The first-order chi connectivity index (χ1) is 16.6. The number of carbonyl (C=O) groups is 1. The summed E-state index contributed by atoms with van der Waals surface area (Å²) >= 11 is 0. The Morgan fingerprint density at radius 1 is 0.882 bits per heavy atom. The maximum absolute atomic E-state index is 13.2. The summed E-state index contributed by atoms with van der Waals surface area (Å²) in [5.41, 5.74) is 2.44. The van der Waals surface area contributed by atoms with Crippen LogP contribution in [0.5, 0.6) is 0 Å². The monoisotopic (exact) mass is 457 g/mol. The van der Waals surface area contributed by atoms with Gasteiger partial charge < -0.3 is 9.80 Å². The fourth-order valence-electron chi connectivity index (χ4n) is 4.33. The second kappa shape index (κ2) is 9.43. The third-order valence-corrected chi connectivity index (χ3v) is 6.17. The van der Waals surface area contributed by atoms with E-state index < -0.39 is 0 Å². The van der Waals surface area contributed by atoms with Crippen molar-refractivity contribution in [3.8, 4) is 0 Å². The molecule has 0 saturated carbocycles. The second-order valence-corrected chi connectivity index (χ2v) is 8.33. The van der Waals surface area contributed by atoms with E-state index in [4.69, 9.17) is 0 Å². The van der Waals surface area contributed by atoms with Gasteiger partial charge in [0.1, 0.15) is 12.4 Å². The summed E-state index contributed by atoms with van der Waals surface area (Å²) in [6.45, 7) is 2.24. The maximum atomic E-state index is 13.2. The molecule has 0 bridgehead atoms. The molecule has 5 rings (SSSR count). The maximum Gasteiger partial charge on any atom is 0.275 e. The number of fused-ring (bicyclic) bond motifs is 1. The van der Waals surface area contributed by atoms with Crippen LogP contribution in [0, 0.1) is 5.82 Å². The minimum Gasteiger partial charge on any atom is -0.368 e. The molecule has 0 unspecified atom stereocenters. The molecule has 1 saturated heterocycles. The van der Waals surface area contributed by atoms with Crippen LogP contribution in [0.4, 0.5) is 10.1 Å². The predicted molar refractivity (Wildman–Crippen MR) is 128 cm³/mol. The summed E-state index contributed by atoms with van der Waals surface area (Å²) in [5.74, 6) is -0.410. The first-order valence-electron chi connectivity index (χ1n) is 11.2. The van der Waals surface area contributed by atoms with Crippen LogP contribution in [0.15, 0.2) is 77.9 Å². The summed E-state index contributed by atoms with van der Waals surface area (Å²) in [6.07, 6.45) is 3.99. The molecule has 172 valence electrons. The molecule has 4 aromatic rings. The van der Waals surface area contributed by atoms with Crippen molar-refractivity contribution in [3.05, 3.63) is 100 Å². The SMILES string of the molecule is O=C(Cn1nc(Cc2ccncc2)c2ccccc2c1=O)N1CCN(c2ccc(F)cc2)CC1. The van der Waals surface area contributed by atoms with Crippen LogP contribution in [0.1, 0.15) is 11.3 Å². The lowest BCUT2D eigenvalue weighted by atomic mass is 10.1. The highest BCUT2D eigenvalue weighted by Crippen LogP contribution is 2.18. The largest absolute Gasteiger partial charge is 0.368 e. The first-order valence-corrected chi connectivity index (χ1v) is 11.2. The van der Waals surface area contributed by atoms with E-state index in [1.54, 1.807) is 35.5 Å². The van der Waals surface area contributed by atoms with Crippen LogP contribution in [0.3, 0.4) is 0 Å². The lowest BCUT2D eigenvalue weighted by molar-refractivity contribution is -0.132. The van der Waals surface area contributed by atoms with Gasteiger partial charge in [-0.05, 0) is 48.0 Å². The number of pyridine rings is 1. The fraction of sp³-hybridized carbons (Fsp3) is 0.231. The van der Waals surface area contributed by atoms with Gasteiger partial charge in [0, 0.05) is 56.1 Å². The number of rotatable bonds is 5. The lowest BCUT2D eigenvalue weighted by Crippen LogP contribution is -2.50. The number of benzene rings is 2. The number of piperazine rings is 1. The summed E-state index contributed by atoms with van der Waals surface area (Å²) in [7, 11) is 0. The molecule has 1 aliphatic heterocycles. The van der Waals surface area contributed by atoms with Gasteiger partial charge in [-0.1, -0.05) is 18.2 Å². The molecule has 2 aromatic heterocycles. The number of nitrogens with zero attached hydrogens (tertiary/aromatic N) is 5. The van der Waals surface area contributed by atoms with Crippen molar-refractivity contribution in [1.82, 2.24) is 19.7 Å². The molecular formula is C26H24FN5O2. The highest BCUT2D eigenvalue weighted by atomic mass is 19.1. The summed E-state index contributed by atoms with van der Waals surface area (Å²) < 4.78 is 14.5. The van der Waals surface area contributed by atoms with Gasteiger partial charge in [-0.2, -0.15) is 5.10 Å². The number of carbonyl (C=O) groups excluding carboxylic acids is 1. The third-order valence-electron chi connectivity index (χ3n) is 6.17. The van der Waals surface area contributed by atoms with Crippen molar-refractivity contribution < 1.29 is 9.18 Å². The Morgan fingerprint density at radius 2 is 1.56 bits per heavy atom. The number of hydrogen-bond donors (Lipinski definition) is 0. The molecule has 8 heteroatoms. The Morgan fingerprint density at radius 3 is 2.26 bits per heavy atom. The Hall–Kier alpha value is -4.07. The molecule has 1 amide bonds. The van der Waals surface area contributed by atoms with Crippen molar-refractivity contribution in [2.75, 3.05) is 31.1 Å². The van der Waals surface area contributed by atoms with Crippen LogP contribution >= 0.6 is 0 Å². The molecule has 0 N–H and O–H groups in total. The van der Waals surface area contributed by atoms with Gasteiger partial charge in [0.05, 0.1) is 11.1 Å². The van der Waals surface area contributed by atoms with Crippen LogP contribution in [-0.2, 0) is 17.8 Å². The highest BCUT2D eigenvalue weighted by Gasteiger charge is 2.23. The topological polar surface area (TPSA) is 71.3 Å². The Labute approximate surface area is 196 Å². The number of anilines is 1. The van der Waals surface area contributed by atoms with Gasteiger partial charge in [-0.25, -0.2) is 9.07 Å². The molecule has 1 aliphatic rings. The number of hydrogen-bond acceptors (Lipinski definition) is 5. The van der Waals surface area contributed by atoms with Crippen molar-refractivity contribution in [3.63, 3.8) is 0 Å². The van der Waals surface area contributed by atoms with E-state index in [1.165, 1.54) is 16.8 Å². The van der Waals surface area contributed by atoms with E-state index in [9.17, 15) is 14.0 Å². The smallest absolute Gasteiger partial charge is 0.275 e.